The van der Waals surface area contributed by atoms with Crippen LogP contribution in [-0.4, -0.2) is 38.5 Å². The Balaban J connectivity index is 2.05. The molecule has 0 aromatic heterocycles. The van der Waals surface area contributed by atoms with Crippen molar-refractivity contribution in [2.75, 3.05) is 20.3 Å². The van der Waals surface area contributed by atoms with Gasteiger partial charge in [0.15, 0.2) is 0 Å². The highest BCUT2D eigenvalue weighted by Gasteiger charge is 2.23. The van der Waals surface area contributed by atoms with Crippen molar-refractivity contribution in [3.05, 3.63) is 0 Å². The lowest BCUT2D eigenvalue weighted by Gasteiger charge is -1.94. The molecule has 1 aliphatic rings. The summed E-state index contributed by atoms with van der Waals surface area (Å²) >= 11 is 0. The molecule has 4 heteroatoms. The van der Waals surface area contributed by atoms with E-state index in [1.54, 1.807) is 0 Å². The molecule has 0 spiro atoms. The van der Waals surface area contributed by atoms with Gasteiger partial charge in [-0.1, -0.05) is 0 Å². The minimum atomic E-state index is -0.405. The number of hydrogen-bond acceptors (Lipinski definition) is 4. The van der Waals surface area contributed by atoms with Crippen LogP contribution in [0.5, 0.6) is 0 Å². The fraction of sp³-hybridized carbons (Fsp3) is 0.667. The van der Waals surface area contributed by atoms with Crippen molar-refractivity contribution in [3.8, 4) is 0 Å². The normalized spacial score (nSPS) is 23.1. The molecule has 1 saturated heterocycles. The zero-order valence-electron chi connectivity index (χ0n) is 5.74. The number of epoxide rings is 1. The van der Waals surface area contributed by atoms with E-state index < -0.39 is 5.97 Å². The number of nitrogens with zero attached hydrogens (tertiary/aromatic N) is 1. The highest BCUT2D eigenvalue weighted by Crippen LogP contribution is 2.07. The van der Waals surface area contributed by atoms with E-state index in [9.17, 15) is 4.79 Å². The summed E-state index contributed by atoms with van der Waals surface area (Å²) in [6, 6.07) is 0. The van der Waals surface area contributed by atoms with Crippen molar-refractivity contribution in [3.63, 3.8) is 0 Å². The largest absolute Gasteiger partial charge is 0.459 e. The third-order valence-corrected chi connectivity index (χ3v) is 1.05. The van der Waals surface area contributed by atoms with Crippen LogP contribution >= 0.6 is 0 Å². The second kappa shape index (κ2) is 3.31. The van der Waals surface area contributed by atoms with E-state index in [1.165, 1.54) is 7.05 Å². The van der Waals surface area contributed by atoms with Gasteiger partial charge in [-0.05, 0) is 0 Å². The number of carbonyl (C=O) groups is 1. The van der Waals surface area contributed by atoms with Crippen LogP contribution in [0.1, 0.15) is 0 Å². The van der Waals surface area contributed by atoms with Crippen LogP contribution in [0, 0.1) is 0 Å². The smallest absolute Gasteiger partial charge is 0.349 e. The number of esters is 1. The zero-order valence-corrected chi connectivity index (χ0v) is 5.74. The average Bonchev–Trinajstić information content (AvgIpc) is 2.67. The third kappa shape index (κ3) is 2.59. The van der Waals surface area contributed by atoms with Crippen molar-refractivity contribution >= 4 is 12.2 Å². The Morgan fingerprint density at radius 1 is 2.00 bits per heavy atom. The third-order valence-electron chi connectivity index (χ3n) is 1.05. The van der Waals surface area contributed by atoms with Crippen molar-refractivity contribution in [1.29, 1.82) is 0 Å². The van der Waals surface area contributed by atoms with Gasteiger partial charge in [0, 0.05) is 7.05 Å². The van der Waals surface area contributed by atoms with E-state index in [-0.39, 0.29) is 6.10 Å². The first-order valence-corrected chi connectivity index (χ1v) is 3.03. The second-order valence-corrected chi connectivity index (χ2v) is 1.97. The van der Waals surface area contributed by atoms with Crippen LogP contribution in [0.25, 0.3) is 0 Å². The van der Waals surface area contributed by atoms with Gasteiger partial charge in [0.2, 0.25) is 0 Å². The molecule has 0 saturated carbocycles. The molecular weight excluding hydrogens is 134 g/mol. The molecule has 1 rings (SSSR count). The van der Waals surface area contributed by atoms with Gasteiger partial charge in [0.25, 0.3) is 0 Å². The van der Waals surface area contributed by atoms with E-state index in [4.69, 9.17) is 9.47 Å². The minimum Gasteiger partial charge on any atom is -0.459 e. The van der Waals surface area contributed by atoms with E-state index in [1.807, 2.05) is 0 Å². The number of carbonyl (C=O) groups excluding carboxylic acids is 1. The summed E-state index contributed by atoms with van der Waals surface area (Å²) in [5.41, 5.74) is 0. The molecule has 0 N–H and O–H groups in total. The molecule has 1 fully saturated rings. The first kappa shape index (κ1) is 7.21. The maximum absolute atomic E-state index is 10.5. The highest BCUT2D eigenvalue weighted by atomic mass is 16.6. The lowest BCUT2D eigenvalue weighted by Crippen LogP contribution is -2.10. The topological polar surface area (TPSA) is 51.2 Å². The van der Waals surface area contributed by atoms with Crippen LogP contribution in [0.2, 0.25) is 0 Å². The maximum atomic E-state index is 10.5. The first-order chi connectivity index (χ1) is 4.83. The number of hydrogen-bond donors (Lipinski definition) is 0. The summed E-state index contributed by atoms with van der Waals surface area (Å²) in [5, 5.41) is 0. The van der Waals surface area contributed by atoms with E-state index in [2.05, 4.69) is 4.99 Å². The molecular formula is C6H9NO3. The molecule has 0 amide bonds. The summed E-state index contributed by atoms with van der Waals surface area (Å²) in [6.45, 7) is 1.06. The fourth-order valence-corrected chi connectivity index (χ4v) is 0.482. The van der Waals surface area contributed by atoms with Crippen molar-refractivity contribution in [1.82, 2.24) is 0 Å². The Morgan fingerprint density at radius 3 is 3.20 bits per heavy atom. The molecule has 0 bridgehead atoms. The van der Waals surface area contributed by atoms with Crippen molar-refractivity contribution in [2.24, 2.45) is 4.99 Å². The molecule has 0 aromatic rings. The van der Waals surface area contributed by atoms with Gasteiger partial charge < -0.3 is 9.47 Å². The molecule has 10 heavy (non-hydrogen) atoms. The Bertz CT molecular complexity index is 151. The quantitative estimate of drug-likeness (QED) is 0.307. The Labute approximate surface area is 58.8 Å². The zero-order chi connectivity index (χ0) is 7.40. The molecule has 1 atom stereocenters. The first-order valence-electron chi connectivity index (χ1n) is 3.03. The van der Waals surface area contributed by atoms with Crippen LogP contribution in [0.4, 0.5) is 0 Å². The molecule has 1 unspecified atom stereocenters. The monoisotopic (exact) mass is 143 g/mol. The number of rotatable bonds is 3. The molecule has 1 aliphatic heterocycles. The molecule has 0 radical (unpaired) electrons. The molecule has 56 valence electrons. The summed E-state index contributed by atoms with van der Waals surface area (Å²) in [4.78, 5) is 14.0. The highest BCUT2D eigenvalue weighted by molar-refractivity contribution is 6.23. The van der Waals surface area contributed by atoms with Crippen molar-refractivity contribution in [2.45, 2.75) is 6.10 Å². The summed E-state index contributed by atoms with van der Waals surface area (Å²) in [6.07, 6.45) is 1.27. The number of ether oxygens (including phenoxy) is 2. The van der Waals surface area contributed by atoms with Gasteiger partial charge in [-0.25, -0.2) is 4.79 Å². The Kier molecular flexibility index (Phi) is 2.39. The van der Waals surface area contributed by atoms with Gasteiger partial charge in [-0.15, -0.1) is 0 Å². The molecule has 0 aliphatic carbocycles. The number of aliphatic imine (C=N–C) groups is 1. The Hall–Kier alpha value is -0.900. The van der Waals surface area contributed by atoms with Crippen LogP contribution in [0.15, 0.2) is 4.99 Å². The SMILES string of the molecule is CN=CC(=O)OCC1CO1. The lowest BCUT2D eigenvalue weighted by molar-refractivity contribution is -0.135. The van der Waals surface area contributed by atoms with Gasteiger partial charge >= 0.3 is 5.97 Å². The van der Waals surface area contributed by atoms with Crippen molar-refractivity contribution < 1.29 is 14.3 Å². The molecule has 1 heterocycles. The predicted octanol–water partition coefficient (Wildman–Crippen LogP) is -0.371. The Morgan fingerprint density at radius 2 is 2.70 bits per heavy atom. The lowest BCUT2D eigenvalue weighted by atomic mass is 10.5. The van der Waals surface area contributed by atoms with Crippen LogP contribution in [0.3, 0.4) is 0 Å². The average molecular weight is 143 g/mol. The summed E-state index contributed by atoms with van der Waals surface area (Å²) in [7, 11) is 1.52. The van der Waals surface area contributed by atoms with E-state index in [0.29, 0.717) is 13.2 Å². The van der Waals surface area contributed by atoms with Gasteiger partial charge in [0.1, 0.15) is 18.9 Å². The maximum Gasteiger partial charge on any atom is 0.349 e. The van der Waals surface area contributed by atoms with Gasteiger partial charge in [-0.2, -0.15) is 0 Å². The summed E-state index contributed by atoms with van der Waals surface area (Å²) < 4.78 is 9.51. The molecule has 0 aromatic carbocycles. The van der Waals surface area contributed by atoms with Gasteiger partial charge in [0.05, 0.1) is 6.61 Å². The van der Waals surface area contributed by atoms with Crippen LogP contribution in [-0.2, 0) is 14.3 Å². The molecule has 4 nitrogen and oxygen atoms in total. The van der Waals surface area contributed by atoms with E-state index in [0.717, 1.165) is 6.21 Å². The van der Waals surface area contributed by atoms with Crippen LogP contribution < -0.4 is 0 Å². The standard InChI is InChI=1S/C6H9NO3/c1-7-2-6(8)10-4-5-3-9-5/h2,5H,3-4H2,1H3. The predicted molar refractivity (Wildman–Crippen MR) is 35.1 cm³/mol. The minimum absolute atomic E-state index is 0.134. The van der Waals surface area contributed by atoms with E-state index >= 15 is 0 Å². The fourth-order valence-electron chi connectivity index (χ4n) is 0.482. The van der Waals surface area contributed by atoms with Gasteiger partial charge in [-0.3, -0.25) is 4.99 Å². The summed E-state index contributed by atoms with van der Waals surface area (Å²) in [5.74, 6) is -0.405. The second-order valence-electron chi connectivity index (χ2n) is 1.97.